The van der Waals surface area contributed by atoms with Crippen LogP contribution in [0.25, 0.3) is 0 Å². The van der Waals surface area contributed by atoms with Gasteiger partial charge in [0.15, 0.2) is 0 Å². The first kappa shape index (κ1) is 14.0. The molecule has 0 fully saturated rings. The van der Waals surface area contributed by atoms with Crippen molar-refractivity contribution in [2.75, 3.05) is 27.3 Å². The van der Waals surface area contributed by atoms with Crippen LogP contribution >= 0.6 is 11.3 Å². The van der Waals surface area contributed by atoms with Crippen molar-refractivity contribution in [3.8, 4) is 0 Å². The summed E-state index contributed by atoms with van der Waals surface area (Å²) < 4.78 is 31.0. The number of hydrogen-bond acceptors (Lipinski definition) is 6. The van der Waals surface area contributed by atoms with Crippen molar-refractivity contribution in [3.63, 3.8) is 0 Å². The molecule has 9 heteroatoms. The highest BCUT2D eigenvalue weighted by atomic mass is 32.2. The van der Waals surface area contributed by atoms with Gasteiger partial charge in [-0.3, -0.25) is 4.79 Å². The van der Waals surface area contributed by atoms with E-state index < -0.39 is 16.1 Å². The van der Waals surface area contributed by atoms with Crippen molar-refractivity contribution in [2.45, 2.75) is 0 Å². The summed E-state index contributed by atoms with van der Waals surface area (Å²) in [6.07, 6.45) is 0. The molecule has 0 atom stereocenters. The number of methoxy groups -OCH3 is 1. The van der Waals surface area contributed by atoms with Crippen molar-refractivity contribution in [3.05, 3.63) is 16.6 Å². The highest BCUT2D eigenvalue weighted by Gasteiger charge is 2.21. The fourth-order valence-corrected chi connectivity index (χ4v) is 2.25. The number of nitrogens with zero attached hydrogens (tertiary/aromatic N) is 2. The number of carbonyl (C=O) groups is 1. The fourth-order valence-electron chi connectivity index (χ4n) is 0.912. The van der Waals surface area contributed by atoms with Crippen molar-refractivity contribution in [1.82, 2.24) is 14.0 Å². The number of ether oxygens (including phenoxy) is 1. The number of likely N-dealkylation sites (N-methyl/N-ethyl adjacent to an activating group) is 1. The number of amides is 1. The molecule has 1 heterocycles. The zero-order valence-electron chi connectivity index (χ0n) is 9.41. The first-order chi connectivity index (χ1) is 7.97. The monoisotopic (exact) mass is 279 g/mol. The van der Waals surface area contributed by atoms with Gasteiger partial charge in [-0.05, 0) is 0 Å². The third-order valence-electron chi connectivity index (χ3n) is 1.91. The smallest absolute Gasteiger partial charge is 0.303 e. The summed E-state index contributed by atoms with van der Waals surface area (Å²) >= 11 is 1.22. The molecule has 1 amide bonds. The molecule has 0 spiro atoms. The Labute approximate surface area is 104 Å². The molecule has 1 aromatic rings. The average Bonchev–Trinajstić information content (AvgIpc) is 2.78. The third kappa shape index (κ3) is 4.04. The zero-order valence-corrected chi connectivity index (χ0v) is 11.0. The Hall–Kier alpha value is -1.03. The van der Waals surface area contributed by atoms with Crippen molar-refractivity contribution < 1.29 is 17.9 Å². The van der Waals surface area contributed by atoms with Gasteiger partial charge in [0.05, 0.1) is 12.1 Å². The summed E-state index contributed by atoms with van der Waals surface area (Å²) in [4.78, 5) is 15.2. The van der Waals surface area contributed by atoms with Gasteiger partial charge in [0.2, 0.25) is 0 Å². The number of aromatic nitrogens is 1. The second-order valence-corrected chi connectivity index (χ2v) is 5.62. The summed E-state index contributed by atoms with van der Waals surface area (Å²) in [5.74, 6) is -0.740. The van der Waals surface area contributed by atoms with Gasteiger partial charge in [-0.25, -0.2) is 9.71 Å². The van der Waals surface area contributed by atoms with Crippen LogP contribution < -0.4 is 4.72 Å². The highest BCUT2D eigenvalue weighted by Crippen LogP contribution is 2.02. The van der Waals surface area contributed by atoms with Crippen LogP contribution in [0.2, 0.25) is 0 Å². The van der Waals surface area contributed by atoms with Crippen LogP contribution in [0.15, 0.2) is 10.9 Å². The molecule has 0 aromatic carbocycles. The van der Waals surface area contributed by atoms with Gasteiger partial charge in [-0.2, -0.15) is 12.7 Å². The number of hydrogen-bond donors (Lipinski definition) is 1. The molecule has 0 aliphatic carbocycles. The maximum Gasteiger partial charge on any atom is 0.303 e. The Morgan fingerprint density at radius 3 is 2.88 bits per heavy atom. The van der Waals surface area contributed by atoms with Crippen LogP contribution in [0.5, 0.6) is 0 Å². The van der Waals surface area contributed by atoms with Gasteiger partial charge in [0.25, 0.3) is 5.91 Å². The van der Waals surface area contributed by atoms with Crippen molar-refractivity contribution in [2.24, 2.45) is 0 Å². The van der Waals surface area contributed by atoms with Crippen molar-refractivity contribution in [1.29, 1.82) is 0 Å². The highest BCUT2D eigenvalue weighted by molar-refractivity contribution is 7.87. The van der Waals surface area contributed by atoms with Gasteiger partial charge in [-0.1, -0.05) is 0 Å². The molecule has 17 heavy (non-hydrogen) atoms. The molecular weight excluding hydrogens is 266 g/mol. The minimum atomic E-state index is -3.84. The van der Waals surface area contributed by atoms with Crippen LogP contribution in [0.1, 0.15) is 10.5 Å². The molecule has 0 aliphatic heterocycles. The quantitative estimate of drug-likeness (QED) is 0.772. The van der Waals surface area contributed by atoms with Gasteiger partial charge < -0.3 is 4.74 Å². The van der Waals surface area contributed by atoms with E-state index in [1.165, 1.54) is 36.4 Å². The molecule has 0 saturated carbocycles. The average molecular weight is 279 g/mol. The summed E-state index contributed by atoms with van der Waals surface area (Å²) in [7, 11) is -1.02. The van der Waals surface area contributed by atoms with E-state index in [9.17, 15) is 13.2 Å². The Kier molecular flexibility index (Phi) is 5.00. The van der Waals surface area contributed by atoms with E-state index in [0.717, 1.165) is 4.31 Å². The first-order valence-corrected chi connectivity index (χ1v) is 7.01. The summed E-state index contributed by atoms with van der Waals surface area (Å²) in [5, 5.41) is 1.47. The molecule has 0 aliphatic rings. The summed E-state index contributed by atoms with van der Waals surface area (Å²) in [5.41, 5.74) is 1.54. The summed E-state index contributed by atoms with van der Waals surface area (Å²) in [6, 6.07) is 0. The first-order valence-electron chi connectivity index (χ1n) is 4.63. The lowest BCUT2D eigenvalue weighted by Crippen LogP contribution is -2.42. The Morgan fingerprint density at radius 2 is 2.35 bits per heavy atom. The predicted octanol–water partition coefficient (Wildman–Crippen LogP) is -0.304. The maximum atomic E-state index is 11.7. The molecule has 7 nitrogen and oxygen atoms in total. The van der Waals surface area contributed by atoms with Crippen molar-refractivity contribution >= 4 is 27.5 Å². The Morgan fingerprint density at radius 1 is 1.65 bits per heavy atom. The van der Waals surface area contributed by atoms with E-state index in [4.69, 9.17) is 4.74 Å². The third-order valence-corrected chi connectivity index (χ3v) is 3.94. The fraction of sp³-hybridized carbons (Fsp3) is 0.500. The molecule has 0 radical (unpaired) electrons. The van der Waals surface area contributed by atoms with Crippen LogP contribution in [0.3, 0.4) is 0 Å². The van der Waals surface area contributed by atoms with Crippen LogP contribution in [-0.2, 0) is 14.9 Å². The molecule has 1 rings (SSSR count). The molecule has 0 unspecified atom stereocenters. The van der Waals surface area contributed by atoms with Crippen LogP contribution in [0.4, 0.5) is 0 Å². The van der Waals surface area contributed by atoms with Crippen LogP contribution in [-0.4, -0.2) is 50.9 Å². The largest absolute Gasteiger partial charge is 0.383 e. The normalized spacial score (nSPS) is 11.7. The summed E-state index contributed by atoms with van der Waals surface area (Å²) in [6.45, 7) is 0.415. The molecule has 96 valence electrons. The number of nitrogens with one attached hydrogen (secondary N) is 1. The Balaban J connectivity index is 2.63. The molecule has 1 N–H and O–H groups in total. The maximum absolute atomic E-state index is 11.7. The lowest BCUT2D eigenvalue weighted by atomic mass is 10.5. The minimum absolute atomic E-state index is 0.0821. The molecule has 1 aromatic heterocycles. The number of thiazole rings is 1. The minimum Gasteiger partial charge on any atom is -0.383 e. The molecular formula is C8H13N3O4S2. The van der Waals surface area contributed by atoms with Gasteiger partial charge >= 0.3 is 10.2 Å². The SMILES string of the molecule is COCCN(C)S(=O)(=O)NC(=O)c1cscn1. The van der Waals surface area contributed by atoms with E-state index in [0.29, 0.717) is 0 Å². The van der Waals surface area contributed by atoms with E-state index in [1.807, 2.05) is 4.72 Å². The van der Waals surface area contributed by atoms with Crippen LogP contribution in [0, 0.1) is 0 Å². The van der Waals surface area contributed by atoms with E-state index in [2.05, 4.69) is 4.98 Å². The molecule has 0 bridgehead atoms. The van der Waals surface area contributed by atoms with Gasteiger partial charge in [0.1, 0.15) is 5.69 Å². The molecule has 0 saturated heterocycles. The zero-order chi connectivity index (χ0) is 12.9. The lowest BCUT2D eigenvalue weighted by molar-refractivity contribution is 0.0974. The van der Waals surface area contributed by atoms with E-state index in [-0.39, 0.29) is 18.8 Å². The van der Waals surface area contributed by atoms with E-state index in [1.54, 1.807) is 0 Å². The predicted molar refractivity (Wildman–Crippen MR) is 63.0 cm³/mol. The lowest BCUT2D eigenvalue weighted by Gasteiger charge is -2.16. The second kappa shape index (κ2) is 6.05. The Bertz CT molecular complexity index is 457. The number of carbonyl (C=O) groups excluding carboxylic acids is 1. The second-order valence-electron chi connectivity index (χ2n) is 3.12. The van der Waals surface area contributed by atoms with Gasteiger partial charge in [0, 0.05) is 26.1 Å². The number of rotatable bonds is 6. The van der Waals surface area contributed by atoms with E-state index >= 15 is 0 Å². The standard InChI is InChI=1S/C8H13N3O4S2/c1-11(3-4-15-2)17(13,14)10-8(12)7-5-16-6-9-7/h5-6H,3-4H2,1-2H3,(H,10,12). The topological polar surface area (TPSA) is 88.6 Å². The van der Waals surface area contributed by atoms with Gasteiger partial charge in [-0.15, -0.1) is 11.3 Å².